The number of rotatable bonds is 6. The van der Waals surface area contributed by atoms with Crippen LogP contribution in [-0.4, -0.2) is 0 Å². The fourth-order valence-corrected chi connectivity index (χ4v) is 11.0. The first kappa shape index (κ1) is 39.1. The molecular formula is C65H41NO3. The van der Waals surface area contributed by atoms with E-state index in [2.05, 4.69) is 229 Å². The zero-order chi connectivity index (χ0) is 45.5. The van der Waals surface area contributed by atoms with E-state index in [1.807, 2.05) is 24.3 Å². The zero-order valence-corrected chi connectivity index (χ0v) is 37.3. The molecule has 0 N–H and O–H groups in total. The average Bonchev–Trinajstić information content (AvgIpc) is 3.81. The summed E-state index contributed by atoms with van der Waals surface area (Å²) < 4.78 is 20.4. The molecule has 3 heterocycles. The highest BCUT2D eigenvalue weighted by molar-refractivity contribution is 6.15. The quantitative estimate of drug-likeness (QED) is 0.167. The smallest absolute Gasteiger partial charge is 0.143 e. The van der Waals surface area contributed by atoms with Gasteiger partial charge in [0.1, 0.15) is 34.2 Å². The average molecular weight is 884 g/mol. The second-order valence-electron chi connectivity index (χ2n) is 17.9. The van der Waals surface area contributed by atoms with Crippen molar-refractivity contribution >= 4 is 49.8 Å². The summed E-state index contributed by atoms with van der Waals surface area (Å²) in [4.78, 5) is 2.35. The monoisotopic (exact) mass is 883 g/mol. The molecule has 69 heavy (non-hydrogen) atoms. The van der Waals surface area contributed by atoms with E-state index in [0.717, 1.165) is 117 Å². The Kier molecular flexibility index (Phi) is 8.77. The Hall–Kier alpha value is -9.12. The molecule has 324 valence electrons. The molecule has 0 aliphatic carbocycles. The van der Waals surface area contributed by atoms with Crippen LogP contribution in [0.4, 0.5) is 17.1 Å². The third-order valence-electron chi connectivity index (χ3n) is 14.2. The van der Waals surface area contributed by atoms with Crippen LogP contribution in [0.2, 0.25) is 0 Å². The number of nitrogens with zero attached hydrogens (tertiary/aromatic N) is 1. The van der Waals surface area contributed by atoms with Crippen LogP contribution in [0, 0.1) is 0 Å². The second kappa shape index (κ2) is 15.5. The van der Waals surface area contributed by atoms with E-state index in [9.17, 15) is 0 Å². The number of furan rings is 1. The number of hydrogen-bond donors (Lipinski definition) is 0. The van der Waals surface area contributed by atoms with Gasteiger partial charge in [-0.3, -0.25) is 0 Å². The van der Waals surface area contributed by atoms with Crippen LogP contribution in [0.15, 0.2) is 253 Å². The van der Waals surface area contributed by atoms with Crippen LogP contribution in [0.25, 0.3) is 66.1 Å². The van der Waals surface area contributed by atoms with Gasteiger partial charge in [0.05, 0.1) is 5.41 Å². The molecule has 0 bridgehead atoms. The molecule has 0 atom stereocenters. The summed E-state index contributed by atoms with van der Waals surface area (Å²) >= 11 is 0. The van der Waals surface area contributed by atoms with Crippen molar-refractivity contribution in [3.05, 3.63) is 271 Å². The van der Waals surface area contributed by atoms with Crippen LogP contribution in [0.5, 0.6) is 23.0 Å². The lowest BCUT2D eigenvalue weighted by atomic mass is 9.62. The summed E-state index contributed by atoms with van der Waals surface area (Å²) in [6.07, 6.45) is 0. The van der Waals surface area contributed by atoms with E-state index in [-0.39, 0.29) is 0 Å². The van der Waals surface area contributed by atoms with Gasteiger partial charge in [0, 0.05) is 61.0 Å². The molecule has 0 radical (unpaired) electrons. The van der Waals surface area contributed by atoms with Crippen molar-refractivity contribution in [2.45, 2.75) is 5.41 Å². The lowest BCUT2D eigenvalue weighted by Crippen LogP contribution is -2.36. The maximum atomic E-state index is 7.13. The Balaban J connectivity index is 0.936. The minimum Gasteiger partial charge on any atom is -0.457 e. The van der Waals surface area contributed by atoms with E-state index < -0.39 is 5.41 Å². The van der Waals surface area contributed by atoms with Crippen molar-refractivity contribution in [1.29, 1.82) is 0 Å². The molecule has 1 spiro atoms. The van der Waals surface area contributed by atoms with Crippen molar-refractivity contribution in [2.75, 3.05) is 4.90 Å². The predicted octanol–water partition coefficient (Wildman–Crippen LogP) is 17.8. The number of ether oxygens (including phenoxy) is 2. The van der Waals surface area contributed by atoms with E-state index in [0.29, 0.717) is 0 Å². The van der Waals surface area contributed by atoms with E-state index in [1.54, 1.807) is 0 Å². The highest BCUT2D eigenvalue weighted by Crippen LogP contribution is 2.62. The summed E-state index contributed by atoms with van der Waals surface area (Å²) in [6.45, 7) is 0. The highest BCUT2D eigenvalue weighted by Gasteiger charge is 2.50. The number of benzene rings is 11. The standard InChI is InChI=1S/C65H41NO3/c1-2-14-42(15-3-1)43-28-30-44(31-29-43)45-32-36-48(37-33-45)66(50-38-34-46-35-39-53-52-18-4-8-24-59(52)68-63(53)54(46)41-50)49-17-12-16-47(40-49)51-19-13-23-58-64(51)69-62-27-11-7-22-57(62)65(58)55-20-5-9-25-60(55)67-61-26-10-6-21-56(61)65/h1-41H. The van der Waals surface area contributed by atoms with E-state index in [4.69, 9.17) is 13.9 Å². The molecular weight excluding hydrogens is 843 g/mol. The Bertz CT molecular complexity index is 3900. The zero-order valence-electron chi connectivity index (χ0n) is 37.3. The minimum absolute atomic E-state index is 0.689. The number of anilines is 3. The second-order valence-corrected chi connectivity index (χ2v) is 17.9. The van der Waals surface area contributed by atoms with E-state index >= 15 is 0 Å². The summed E-state index contributed by atoms with van der Waals surface area (Å²) in [5.74, 6) is 3.33. The molecule has 0 unspecified atom stereocenters. The Labute approximate surface area is 399 Å². The maximum absolute atomic E-state index is 7.13. The largest absolute Gasteiger partial charge is 0.457 e. The molecule has 0 fully saturated rings. The molecule has 11 aromatic carbocycles. The third-order valence-corrected chi connectivity index (χ3v) is 14.2. The van der Waals surface area contributed by atoms with Gasteiger partial charge in [0.2, 0.25) is 0 Å². The SMILES string of the molecule is c1ccc(-c2ccc(-c3ccc(N(c4cccc(-c5cccc6c5Oc5ccccc5C65c6ccccc6Oc6ccccc65)c4)c4ccc5ccc6c7ccccc7oc6c5c4)cc3)cc2)cc1. The van der Waals surface area contributed by atoms with Gasteiger partial charge in [-0.1, -0.05) is 182 Å². The Morgan fingerprint density at radius 3 is 1.55 bits per heavy atom. The summed E-state index contributed by atoms with van der Waals surface area (Å²) in [6, 6.07) is 88.4. The lowest BCUT2D eigenvalue weighted by Gasteiger charge is -2.45. The number of fused-ring (bicyclic) bond motifs is 13. The third kappa shape index (κ3) is 6.09. The molecule has 1 aromatic heterocycles. The molecule has 12 aromatic rings. The van der Waals surface area contributed by atoms with Crippen molar-refractivity contribution in [2.24, 2.45) is 0 Å². The molecule has 4 nitrogen and oxygen atoms in total. The van der Waals surface area contributed by atoms with Crippen LogP contribution in [0.1, 0.15) is 22.3 Å². The number of para-hydroxylation sites is 5. The normalized spacial score (nSPS) is 13.0. The van der Waals surface area contributed by atoms with Crippen molar-refractivity contribution < 1.29 is 13.9 Å². The van der Waals surface area contributed by atoms with Crippen LogP contribution < -0.4 is 14.4 Å². The van der Waals surface area contributed by atoms with Gasteiger partial charge in [-0.25, -0.2) is 0 Å². The van der Waals surface area contributed by atoms with Crippen molar-refractivity contribution in [3.63, 3.8) is 0 Å². The Morgan fingerprint density at radius 1 is 0.319 bits per heavy atom. The van der Waals surface area contributed by atoms with Crippen LogP contribution >= 0.6 is 0 Å². The van der Waals surface area contributed by atoms with Gasteiger partial charge in [0.25, 0.3) is 0 Å². The first-order valence-electron chi connectivity index (χ1n) is 23.5. The summed E-state index contributed by atoms with van der Waals surface area (Å²) in [5, 5.41) is 4.40. The van der Waals surface area contributed by atoms with Gasteiger partial charge < -0.3 is 18.8 Å². The fraction of sp³-hybridized carbons (Fsp3) is 0.0154. The minimum atomic E-state index is -0.689. The first-order chi connectivity index (χ1) is 34.2. The lowest BCUT2D eigenvalue weighted by molar-refractivity contribution is 0.400. The fourth-order valence-electron chi connectivity index (χ4n) is 11.0. The molecule has 0 amide bonds. The highest BCUT2D eigenvalue weighted by atomic mass is 16.5. The van der Waals surface area contributed by atoms with Gasteiger partial charge >= 0.3 is 0 Å². The van der Waals surface area contributed by atoms with Crippen molar-refractivity contribution in [1.82, 2.24) is 0 Å². The summed E-state index contributed by atoms with van der Waals surface area (Å²) in [7, 11) is 0. The van der Waals surface area contributed by atoms with Gasteiger partial charge in [-0.05, 0) is 99.9 Å². The Morgan fingerprint density at radius 2 is 0.841 bits per heavy atom. The molecule has 2 aliphatic rings. The molecule has 0 saturated heterocycles. The molecule has 4 heteroatoms. The van der Waals surface area contributed by atoms with Gasteiger partial charge in [0.15, 0.2) is 0 Å². The van der Waals surface area contributed by atoms with Gasteiger partial charge in [-0.2, -0.15) is 0 Å². The van der Waals surface area contributed by atoms with Gasteiger partial charge in [-0.15, -0.1) is 0 Å². The molecule has 2 aliphatic heterocycles. The maximum Gasteiger partial charge on any atom is 0.143 e. The summed E-state index contributed by atoms with van der Waals surface area (Å²) in [5.41, 5.74) is 15.2. The first-order valence-corrected chi connectivity index (χ1v) is 23.5. The molecule has 14 rings (SSSR count). The van der Waals surface area contributed by atoms with Crippen LogP contribution in [-0.2, 0) is 5.41 Å². The predicted molar refractivity (Wildman–Crippen MR) is 281 cm³/mol. The topological polar surface area (TPSA) is 34.8 Å². The van der Waals surface area contributed by atoms with Crippen molar-refractivity contribution in [3.8, 4) is 56.4 Å². The van der Waals surface area contributed by atoms with E-state index in [1.165, 1.54) is 11.1 Å². The van der Waals surface area contributed by atoms with Crippen LogP contribution in [0.3, 0.4) is 0 Å². The number of hydrogen-bond acceptors (Lipinski definition) is 4. The molecule has 0 saturated carbocycles.